The highest BCUT2D eigenvalue weighted by Gasteiger charge is 2.14. The van der Waals surface area contributed by atoms with Crippen molar-refractivity contribution < 1.29 is 19.1 Å². The first kappa shape index (κ1) is 20.2. The fourth-order valence-electron chi connectivity index (χ4n) is 2.45. The van der Waals surface area contributed by atoms with E-state index in [4.69, 9.17) is 9.47 Å². The molecule has 0 radical (unpaired) electrons. The van der Waals surface area contributed by atoms with Crippen LogP contribution in [0.3, 0.4) is 0 Å². The number of ether oxygens (including phenoxy) is 2. The van der Waals surface area contributed by atoms with Gasteiger partial charge in [0.15, 0.2) is 11.5 Å². The normalized spacial score (nSPS) is 11.4. The second-order valence-electron chi connectivity index (χ2n) is 5.75. The van der Waals surface area contributed by atoms with Crippen molar-refractivity contribution in [3.05, 3.63) is 53.9 Å². The van der Waals surface area contributed by atoms with E-state index in [9.17, 15) is 9.59 Å². The number of nitrogens with zero attached hydrogens (tertiary/aromatic N) is 1. The number of rotatable bonds is 9. The molecule has 1 aromatic heterocycles. The zero-order valence-corrected chi connectivity index (χ0v) is 15.8. The molecule has 0 spiro atoms. The number of pyridine rings is 1. The Labute approximate surface area is 159 Å². The Hall–Kier alpha value is -3.09. The Morgan fingerprint density at radius 2 is 1.81 bits per heavy atom. The highest BCUT2D eigenvalue weighted by atomic mass is 16.5. The van der Waals surface area contributed by atoms with E-state index in [1.54, 1.807) is 24.4 Å². The lowest BCUT2D eigenvalue weighted by Crippen LogP contribution is -2.38. The van der Waals surface area contributed by atoms with Crippen LogP contribution in [-0.4, -0.2) is 36.6 Å². The molecule has 0 fully saturated rings. The molecule has 0 aliphatic carbocycles. The highest BCUT2D eigenvalue weighted by Crippen LogP contribution is 2.28. The van der Waals surface area contributed by atoms with E-state index in [-0.39, 0.29) is 24.4 Å². The Morgan fingerprint density at radius 3 is 2.48 bits per heavy atom. The number of aromatic nitrogens is 1. The molecular weight excluding hydrogens is 346 g/mol. The van der Waals surface area contributed by atoms with Crippen LogP contribution in [-0.2, 0) is 4.79 Å². The summed E-state index contributed by atoms with van der Waals surface area (Å²) < 4.78 is 11.0. The molecule has 2 amide bonds. The van der Waals surface area contributed by atoms with Crippen molar-refractivity contribution in [1.29, 1.82) is 0 Å². The second kappa shape index (κ2) is 10.2. The molecule has 2 aromatic rings. The Balaban J connectivity index is 1.92. The lowest BCUT2D eigenvalue weighted by Gasteiger charge is -2.14. The topological polar surface area (TPSA) is 89.5 Å². The summed E-state index contributed by atoms with van der Waals surface area (Å²) in [6.45, 7) is 6.39. The first-order valence-electron chi connectivity index (χ1n) is 8.93. The van der Waals surface area contributed by atoms with Crippen LogP contribution < -0.4 is 20.1 Å². The third-order valence-corrected chi connectivity index (χ3v) is 3.72. The van der Waals surface area contributed by atoms with Gasteiger partial charge in [0.1, 0.15) is 0 Å². The summed E-state index contributed by atoms with van der Waals surface area (Å²) in [4.78, 5) is 28.6. The van der Waals surface area contributed by atoms with Crippen LogP contribution >= 0.6 is 0 Å². The minimum atomic E-state index is -0.361. The smallest absolute Gasteiger partial charge is 0.251 e. The molecule has 2 N–H and O–H groups in total. The van der Waals surface area contributed by atoms with E-state index in [0.717, 1.165) is 5.69 Å². The van der Waals surface area contributed by atoms with Crippen molar-refractivity contribution in [2.75, 3.05) is 19.8 Å². The van der Waals surface area contributed by atoms with E-state index in [1.807, 2.05) is 39.0 Å². The second-order valence-corrected chi connectivity index (χ2v) is 5.75. The van der Waals surface area contributed by atoms with Crippen molar-refractivity contribution in [1.82, 2.24) is 15.6 Å². The number of hydrogen-bond donors (Lipinski definition) is 2. The van der Waals surface area contributed by atoms with Gasteiger partial charge in [-0.25, -0.2) is 0 Å². The van der Waals surface area contributed by atoms with Gasteiger partial charge >= 0.3 is 0 Å². The number of amides is 2. The van der Waals surface area contributed by atoms with Crippen molar-refractivity contribution >= 4 is 11.8 Å². The summed E-state index contributed by atoms with van der Waals surface area (Å²) >= 11 is 0. The summed E-state index contributed by atoms with van der Waals surface area (Å²) in [6, 6.07) is 10.2. The minimum Gasteiger partial charge on any atom is -0.490 e. The maximum absolute atomic E-state index is 12.3. The molecule has 0 aliphatic rings. The van der Waals surface area contributed by atoms with Gasteiger partial charge in [0.05, 0.1) is 31.5 Å². The Bertz CT molecular complexity index is 765. The molecule has 0 saturated carbocycles. The third-order valence-electron chi connectivity index (χ3n) is 3.72. The molecule has 7 nitrogen and oxygen atoms in total. The quantitative estimate of drug-likeness (QED) is 0.707. The largest absolute Gasteiger partial charge is 0.490 e. The standard InChI is InChI=1S/C20H25N3O4/c1-4-26-17-10-9-15(12-18(17)27-5-2)20(25)22-13-19(24)23-14(3)16-8-6-7-11-21-16/h6-12,14H,4-5,13H2,1-3H3,(H,22,25)(H,23,24). The molecule has 7 heteroatoms. The third kappa shape index (κ3) is 5.99. The fraction of sp³-hybridized carbons (Fsp3) is 0.350. The number of carbonyl (C=O) groups is 2. The molecule has 0 bridgehead atoms. The molecule has 1 unspecified atom stereocenters. The molecule has 1 aromatic carbocycles. The molecule has 0 saturated heterocycles. The van der Waals surface area contributed by atoms with Gasteiger partial charge in [0, 0.05) is 11.8 Å². The van der Waals surface area contributed by atoms with Gasteiger partial charge in [-0.2, -0.15) is 0 Å². The van der Waals surface area contributed by atoms with Crippen molar-refractivity contribution in [2.45, 2.75) is 26.8 Å². The fourth-order valence-corrected chi connectivity index (χ4v) is 2.45. The van der Waals surface area contributed by atoms with Crippen LogP contribution in [0.2, 0.25) is 0 Å². The predicted octanol–water partition coefficient (Wildman–Crippen LogP) is 2.49. The van der Waals surface area contributed by atoms with Crippen molar-refractivity contribution in [2.24, 2.45) is 0 Å². The zero-order valence-electron chi connectivity index (χ0n) is 15.8. The number of carbonyl (C=O) groups excluding carboxylic acids is 2. The summed E-state index contributed by atoms with van der Waals surface area (Å²) in [5.41, 5.74) is 1.15. The summed E-state index contributed by atoms with van der Waals surface area (Å²) in [6.07, 6.45) is 1.67. The SMILES string of the molecule is CCOc1ccc(C(=O)NCC(=O)NC(C)c2ccccn2)cc1OCC. The first-order chi connectivity index (χ1) is 13.0. The van der Waals surface area contributed by atoms with Gasteiger partial charge in [0.25, 0.3) is 5.91 Å². The van der Waals surface area contributed by atoms with E-state index in [1.165, 1.54) is 0 Å². The number of benzene rings is 1. The van der Waals surface area contributed by atoms with Crippen LogP contribution in [0.1, 0.15) is 42.9 Å². The van der Waals surface area contributed by atoms with Crippen LogP contribution in [0.15, 0.2) is 42.6 Å². The monoisotopic (exact) mass is 371 g/mol. The molecular formula is C20H25N3O4. The molecule has 1 atom stereocenters. The van der Waals surface area contributed by atoms with Crippen LogP contribution in [0, 0.1) is 0 Å². The Morgan fingerprint density at radius 1 is 1.07 bits per heavy atom. The van der Waals surface area contributed by atoms with Gasteiger partial charge in [-0.3, -0.25) is 14.6 Å². The maximum Gasteiger partial charge on any atom is 0.251 e. The first-order valence-corrected chi connectivity index (χ1v) is 8.93. The predicted molar refractivity (Wildman–Crippen MR) is 102 cm³/mol. The van der Waals surface area contributed by atoms with E-state index in [0.29, 0.717) is 30.3 Å². The summed E-state index contributed by atoms with van der Waals surface area (Å²) in [7, 11) is 0. The average molecular weight is 371 g/mol. The molecule has 0 aliphatic heterocycles. The van der Waals surface area contributed by atoms with Crippen LogP contribution in [0.25, 0.3) is 0 Å². The number of hydrogen-bond acceptors (Lipinski definition) is 5. The zero-order chi connectivity index (χ0) is 19.6. The lowest BCUT2D eigenvalue weighted by atomic mass is 10.2. The minimum absolute atomic E-state index is 0.132. The summed E-state index contributed by atoms with van der Waals surface area (Å²) in [5.74, 6) is 0.426. The van der Waals surface area contributed by atoms with Crippen molar-refractivity contribution in [3.63, 3.8) is 0 Å². The molecule has 2 rings (SSSR count). The summed E-state index contributed by atoms with van der Waals surface area (Å²) in [5, 5.41) is 5.41. The van der Waals surface area contributed by atoms with Gasteiger partial charge in [-0.1, -0.05) is 6.07 Å². The highest BCUT2D eigenvalue weighted by molar-refractivity contribution is 5.97. The van der Waals surface area contributed by atoms with Gasteiger partial charge in [0.2, 0.25) is 5.91 Å². The van der Waals surface area contributed by atoms with Gasteiger partial charge < -0.3 is 20.1 Å². The molecule has 1 heterocycles. The van der Waals surface area contributed by atoms with E-state index < -0.39 is 0 Å². The van der Waals surface area contributed by atoms with Gasteiger partial charge in [-0.15, -0.1) is 0 Å². The van der Waals surface area contributed by atoms with Crippen molar-refractivity contribution in [3.8, 4) is 11.5 Å². The number of nitrogens with one attached hydrogen (secondary N) is 2. The van der Waals surface area contributed by atoms with E-state index >= 15 is 0 Å². The Kier molecular flexibility index (Phi) is 7.61. The average Bonchev–Trinajstić information content (AvgIpc) is 2.68. The lowest BCUT2D eigenvalue weighted by molar-refractivity contribution is -0.120. The molecule has 144 valence electrons. The van der Waals surface area contributed by atoms with Crippen LogP contribution in [0.4, 0.5) is 0 Å². The van der Waals surface area contributed by atoms with Crippen LogP contribution in [0.5, 0.6) is 11.5 Å². The molecule has 27 heavy (non-hydrogen) atoms. The van der Waals surface area contributed by atoms with E-state index in [2.05, 4.69) is 15.6 Å². The van der Waals surface area contributed by atoms with Gasteiger partial charge in [-0.05, 0) is 51.1 Å². The maximum atomic E-state index is 12.3.